The second-order valence-electron chi connectivity index (χ2n) is 8.57. The first-order valence-electron chi connectivity index (χ1n) is 11.1. The lowest BCUT2D eigenvalue weighted by Crippen LogP contribution is -2.06. The third-order valence-electron chi connectivity index (χ3n) is 6.39. The molecule has 4 rings (SSSR count). The van der Waals surface area contributed by atoms with Gasteiger partial charge in [-0.05, 0) is 72.6 Å². The highest BCUT2D eigenvalue weighted by Gasteiger charge is 2.21. The Labute approximate surface area is 179 Å². The standard InChI is InChI=1S/C27H30NO2/c1-2-4-21-10-12-26-24(18-21)19-27(30-26)25(29)11-9-20-5-3-6-22(8-7-20)17-23-13-15-28-16-14-23/h2,4,10,12-16,18-20,22H,1,3,5-9,11,17H2. The van der Waals surface area contributed by atoms with E-state index in [1.165, 1.54) is 37.7 Å². The summed E-state index contributed by atoms with van der Waals surface area (Å²) in [6.07, 6.45) is 16.5. The molecule has 0 spiro atoms. The summed E-state index contributed by atoms with van der Waals surface area (Å²) in [6.45, 7) is 3.73. The van der Waals surface area contributed by atoms with Gasteiger partial charge in [-0.1, -0.05) is 37.8 Å². The molecule has 3 heteroatoms. The number of nitrogens with zero attached hydrogens (tertiary/aromatic N) is 1. The van der Waals surface area contributed by atoms with E-state index in [4.69, 9.17) is 4.42 Å². The van der Waals surface area contributed by atoms with Crippen molar-refractivity contribution in [2.24, 2.45) is 11.8 Å². The lowest BCUT2D eigenvalue weighted by molar-refractivity contribution is 0.0947. The number of hydrogen-bond acceptors (Lipinski definition) is 3. The Morgan fingerprint density at radius 2 is 1.87 bits per heavy atom. The molecule has 2 unspecified atom stereocenters. The molecule has 0 N–H and O–H groups in total. The average Bonchev–Trinajstić information content (AvgIpc) is 3.06. The Bertz CT molecular complexity index is 989. The van der Waals surface area contributed by atoms with E-state index in [-0.39, 0.29) is 5.78 Å². The Hall–Kier alpha value is -2.68. The van der Waals surface area contributed by atoms with Crippen molar-refractivity contribution >= 4 is 16.8 Å². The topological polar surface area (TPSA) is 43.1 Å². The molecule has 0 bridgehead atoms. The number of aromatic nitrogens is 1. The summed E-state index contributed by atoms with van der Waals surface area (Å²) in [7, 11) is 0. The maximum Gasteiger partial charge on any atom is 0.198 e. The second-order valence-corrected chi connectivity index (χ2v) is 8.57. The quantitative estimate of drug-likeness (QED) is 0.303. The van der Waals surface area contributed by atoms with Crippen LogP contribution < -0.4 is 0 Å². The largest absolute Gasteiger partial charge is 0.453 e. The third-order valence-corrected chi connectivity index (χ3v) is 6.39. The molecule has 30 heavy (non-hydrogen) atoms. The highest BCUT2D eigenvalue weighted by atomic mass is 16.3. The van der Waals surface area contributed by atoms with Crippen molar-refractivity contribution < 1.29 is 9.21 Å². The van der Waals surface area contributed by atoms with E-state index in [2.05, 4.69) is 23.7 Å². The van der Waals surface area contributed by atoms with Crippen LogP contribution in [0.4, 0.5) is 0 Å². The Morgan fingerprint density at radius 3 is 2.70 bits per heavy atom. The molecule has 2 aromatic heterocycles. The number of benzene rings is 1. The number of hydrogen-bond donors (Lipinski definition) is 0. The van der Waals surface area contributed by atoms with E-state index in [1.54, 1.807) is 6.08 Å². The van der Waals surface area contributed by atoms with E-state index in [9.17, 15) is 4.79 Å². The van der Waals surface area contributed by atoms with Crippen LogP contribution >= 0.6 is 0 Å². The minimum absolute atomic E-state index is 0.123. The van der Waals surface area contributed by atoms with E-state index in [1.807, 2.05) is 43.1 Å². The fraction of sp³-hybridized carbons (Fsp3) is 0.370. The number of rotatable bonds is 8. The summed E-state index contributed by atoms with van der Waals surface area (Å²) >= 11 is 0. The van der Waals surface area contributed by atoms with Crippen LogP contribution in [-0.2, 0) is 6.42 Å². The lowest BCUT2D eigenvalue weighted by atomic mass is 9.91. The first kappa shape index (κ1) is 20.6. The van der Waals surface area contributed by atoms with E-state index in [0.717, 1.165) is 35.3 Å². The fourth-order valence-electron chi connectivity index (χ4n) is 4.70. The van der Waals surface area contributed by atoms with Crippen LogP contribution in [0.15, 0.2) is 65.9 Å². The van der Waals surface area contributed by atoms with Crippen molar-refractivity contribution in [1.29, 1.82) is 0 Å². The normalized spacial score (nSPS) is 19.5. The molecule has 1 aromatic carbocycles. The molecule has 1 aliphatic carbocycles. The Kier molecular flexibility index (Phi) is 6.78. The molecule has 1 radical (unpaired) electrons. The molecule has 155 valence electrons. The van der Waals surface area contributed by atoms with Crippen LogP contribution in [0.5, 0.6) is 0 Å². The van der Waals surface area contributed by atoms with Gasteiger partial charge in [0.25, 0.3) is 0 Å². The van der Waals surface area contributed by atoms with Crippen molar-refractivity contribution in [2.45, 2.75) is 51.4 Å². The zero-order chi connectivity index (χ0) is 20.8. The molecule has 2 atom stereocenters. The van der Waals surface area contributed by atoms with Gasteiger partial charge in [0.1, 0.15) is 5.58 Å². The predicted octanol–water partition coefficient (Wildman–Crippen LogP) is 6.97. The lowest BCUT2D eigenvalue weighted by Gasteiger charge is -2.15. The van der Waals surface area contributed by atoms with Gasteiger partial charge in [-0.3, -0.25) is 9.78 Å². The van der Waals surface area contributed by atoms with Crippen molar-refractivity contribution in [3.8, 4) is 0 Å². The number of fused-ring (bicyclic) bond motifs is 1. The first-order chi connectivity index (χ1) is 14.7. The van der Waals surface area contributed by atoms with Gasteiger partial charge >= 0.3 is 0 Å². The highest BCUT2D eigenvalue weighted by molar-refractivity contribution is 5.97. The second kappa shape index (κ2) is 9.88. The van der Waals surface area contributed by atoms with Crippen molar-refractivity contribution in [2.75, 3.05) is 0 Å². The molecule has 1 aliphatic rings. The van der Waals surface area contributed by atoms with Crippen LogP contribution in [0, 0.1) is 18.3 Å². The van der Waals surface area contributed by atoms with E-state index >= 15 is 0 Å². The predicted molar refractivity (Wildman–Crippen MR) is 121 cm³/mol. The SMILES string of the molecule is C=C[CH]c1ccc2oc(C(=O)CCC3CCCC(Cc4ccncc4)CC3)cc2c1. The minimum Gasteiger partial charge on any atom is -0.453 e. The summed E-state index contributed by atoms with van der Waals surface area (Å²) in [5.41, 5.74) is 3.23. The van der Waals surface area contributed by atoms with Crippen LogP contribution in [-0.4, -0.2) is 10.8 Å². The van der Waals surface area contributed by atoms with Gasteiger partial charge in [0.15, 0.2) is 11.5 Å². The van der Waals surface area contributed by atoms with Gasteiger partial charge in [-0.25, -0.2) is 0 Å². The van der Waals surface area contributed by atoms with Gasteiger partial charge in [0, 0.05) is 30.6 Å². The van der Waals surface area contributed by atoms with Gasteiger partial charge in [0.05, 0.1) is 0 Å². The van der Waals surface area contributed by atoms with E-state index < -0.39 is 0 Å². The van der Waals surface area contributed by atoms with Crippen LogP contribution in [0.1, 0.15) is 66.6 Å². The van der Waals surface area contributed by atoms with Crippen molar-refractivity contribution in [1.82, 2.24) is 4.98 Å². The van der Waals surface area contributed by atoms with Crippen molar-refractivity contribution in [3.63, 3.8) is 0 Å². The molecular formula is C27H30NO2. The number of ketones is 1. The molecule has 0 aliphatic heterocycles. The van der Waals surface area contributed by atoms with E-state index in [0.29, 0.717) is 18.1 Å². The van der Waals surface area contributed by atoms with Crippen LogP contribution in [0.3, 0.4) is 0 Å². The number of Topliss-reactive ketones (excluding diaryl/α,β-unsaturated/α-hetero) is 1. The monoisotopic (exact) mass is 400 g/mol. The zero-order valence-electron chi connectivity index (χ0n) is 17.6. The molecule has 0 amide bonds. The third kappa shape index (κ3) is 5.27. The van der Waals surface area contributed by atoms with Crippen molar-refractivity contribution in [3.05, 3.63) is 84.8 Å². The number of allylic oxidation sites excluding steroid dienone is 1. The number of carbonyl (C=O) groups is 1. The molecule has 2 heterocycles. The van der Waals surface area contributed by atoms with Crippen LogP contribution in [0.25, 0.3) is 11.0 Å². The maximum absolute atomic E-state index is 12.7. The fourth-order valence-corrected chi connectivity index (χ4v) is 4.70. The Balaban J connectivity index is 1.29. The minimum atomic E-state index is 0.123. The highest BCUT2D eigenvalue weighted by Crippen LogP contribution is 2.32. The Morgan fingerprint density at radius 1 is 1.07 bits per heavy atom. The number of carbonyl (C=O) groups excluding carboxylic acids is 1. The summed E-state index contributed by atoms with van der Waals surface area (Å²) in [4.78, 5) is 16.9. The molecule has 3 nitrogen and oxygen atoms in total. The number of pyridine rings is 1. The van der Waals surface area contributed by atoms with Gasteiger partial charge < -0.3 is 4.42 Å². The molecule has 3 aromatic rings. The average molecular weight is 401 g/mol. The molecule has 0 saturated heterocycles. The summed E-state index contributed by atoms with van der Waals surface area (Å²) in [5, 5.41) is 0.974. The first-order valence-corrected chi connectivity index (χ1v) is 11.1. The summed E-state index contributed by atoms with van der Waals surface area (Å²) < 4.78 is 5.82. The van der Waals surface area contributed by atoms with Crippen LogP contribution in [0.2, 0.25) is 0 Å². The summed E-state index contributed by atoms with van der Waals surface area (Å²) in [5.74, 6) is 2.02. The van der Waals surface area contributed by atoms with Gasteiger partial charge in [-0.2, -0.15) is 0 Å². The smallest absolute Gasteiger partial charge is 0.198 e. The molecule has 1 fully saturated rings. The maximum atomic E-state index is 12.7. The molecular weight excluding hydrogens is 370 g/mol. The van der Waals surface area contributed by atoms with Gasteiger partial charge in [-0.15, -0.1) is 6.58 Å². The molecule has 1 saturated carbocycles. The zero-order valence-corrected chi connectivity index (χ0v) is 17.6. The number of furan rings is 1. The summed E-state index contributed by atoms with van der Waals surface area (Å²) in [6, 6.07) is 12.1. The van der Waals surface area contributed by atoms with Gasteiger partial charge in [0.2, 0.25) is 0 Å².